The van der Waals surface area contributed by atoms with Crippen molar-refractivity contribution in [2.75, 3.05) is 13.7 Å². The smallest absolute Gasteiger partial charge is 0.374 e. The molecule has 33 heavy (non-hydrogen) atoms. The lowest BCUT2D eigenvalue weighted by Crippen LogP contribution is -2.55. The Morgan fingerprint density at radius 1 is 1.21 bits per heavy atom. The van der Waals surface area contributed by atoms with E-state index in [9.17, 15) is 14.4 Å². The normalized spacial score (nSPS) is 18.2. The van der Waals surface area contributed by atoms with E-state index in [1.807, 2.05) is 0 Å². The summed E-state index contributed by atoms with van der Waals surface area (Å²) in [6, 6.07) is 12.0. The number of rotatable bonds is 7. The number of ketones is 1. The molecule has 1 amide bonds. The Hall–Kier alpha value is -3.39. The van der Waals surface area contributed by atoms with Crippen molar-refractivity contribution in [2.45, 2.75) is 37.8 Å². The third-order valence-corrected chi connectivity index (χ3v) is 6.32. The number of nitrogens with zero attached hydrogens (tertiary/aromatic N) is 3. The number of amides is 1. The number of Topliss-reactive ketones (excluding diaryl/α,β-unsaturated/α-hetero) is 1. The maximum absolute atomic E-state index is 13.1. The molecule has 2 aromatic heterocycles. The monoisotopic (exact) mass is 469 g/mol. The lowest BCUT2D eigenvalue weighted by Gasteiger charge is -2.43. The maximum atomic E-state index is 13.1. The van der Waals surface area contributed by atoms with Crippen molar-refractivity contribution in [1.29, 1.82) is 0 Å². The molecule has 1 unspecified atom stereocenters. The van der Waals surface area contributed by atoms with Gasteiger partial charge >= 0.3 is 5.97 Å². The number of carbonyl (C=O) groups is 3. The van der Waals surface area contributed by atoms with Gasteiger partial charge in [0.05, 0.1) is 6.54 Å². The number of carbonyl (C=O) groups excluding carboxylic acids is 3. The van der Waals surface area contributed by atoms with Crippen LogP contribution >= 0.6 is 11.6 Å². The van der Waals surface area contributed by atoms with E-state index in [4.69, 9.17) is 20.8 Å². The van der Waals surface area contributed by atoms with Crippen LogP contribution in [0.4, 0.5) is 0 Å². The first kappa shape index (κ1) is 22.8. The molecule has 8 nitrogen and oxygen atoms in total. The van der Waals surface area contributed by atoms with Crippen LogP contribution in [-0.2, 0) is 26.4 Å². The minimum Gasteiger partial charge on any atom is -0.452 e. The number of benzene rings is 1. The summed E-state index contributed by atoms with van der Waals surface area (Å²) in [5.74, 6) is -0.813. The molecule has 0 N–H and O–H groups in total. The number of esters is 1. The first-order valence-corrected chi connectivity index (χ1v) is 11.1. The van der Waals surface area contributed by atoms with Crippen LogP contribution in [0.5, 0.6) is 0 Å². The van der Waals surface area contributed by atoms with Crippen molar-refractivity contribution in [3.8, 4) is 0 Å². The summed E-state index contributed by atoms with van der Waals surface area (Å²) in [4.78, 5) is 40.0. The van der Waals surface area contributed by atoms with Crippen LogP contribution in [0.15, 0.2) is 59.3 Å². The van der Waals surface area contributed by atoms with Gasteiger partial charge in [-0.3, -0.25) is 14.3 Å². The fourth-order valence-corrected chi connectivity index (χ4v) is 4.56. The van der Waals surface area contributed by atoms with E-state index in [-0.39, 0.29) is 11.5 Å². The van der Waals surface area contributed by atoms with E-state index < -0.39 is 24.0 Å². The van der Waals surface area contributed by atoms with Crippen LogP contribution in [0.3, 0.4) is 0 Å². The number of hydrogen-bond donors (Lipinski definition) is 0. The van der Waals surface area contributed by atoms with E-state index in [1.54, 1.807) is 60.5 Å². The zero-order valence-corrected chi connectivity index (χ0v) is 19.0. The van der Waals surface area contributed by atoms with Crippen molar-refractivity contribution in [2.24, 2.45) is 0 Å². The molecule has 3 aromatic rings. The first-order chi connectivity index (χ1) is 15.9. The molecule has 4 rings (SSSR count). The number of furan rings is 1. The fourth-order valence-electron chi connectivity index (χ4n) is 4.26. The Bertz CT molecular complexity index is 1160. The molecule has 9 heteroatoms. The van der Waals surface area contributed by atoms with Gasteiger partial charge in [-0.15, -0.1) is 0 Å². The highest BCUT2D eigenvalue weighted by molar-refractivity contribution is 6.31. The highest BCUT2D eigenvalue weighted by atomic mass is 35.5. The molecule has 2 heterocycles. The summed E-state index contributed by atoms with van der Waals surface area (Å²) in [5.41, 5.74) is -0.588. The zero-order valence-electron chi connectivity index (χ0n) is 18.2. The number of halogens is 1. The highest BCUT2D eigenvalue weighted by Gasteiger charge is 2.48. The minimum atomic E-state index is -1.18. The molecule has 1 aromatic carbocycles. The second-order valence-electron chi connectivity index (χ2n) is 7.97. The molecule has 1 saturated carbocycles. The summed E-state index contributed by atoms with van der Waals surface area (Å²) in [5, 5.41) is 4.51. The van der Waals surface area contributed by atoms with Crippen LogP contribution in [0.2, 0.25) is 5.02 Å². The second kappa shape index (κ2) is 9.62. The Morgan fingerprint density at radius 2 is 2.03 bits per heavy atom. The van der Waals surface area contributed by atoms with E-state index in [1.165, 1.54) is 11.0 Å². The fraction of sp³-hybridized carbons (Fsp3) is 0.333. The largest absolute Gasteiger partial charge is 0.452 e. The van der Waals surface area contributed by atoms with Crippen LogP contribution in [0.1, 0.15) is 47.6 Å². The molecule has 0 aliphatic heterocycles. The van der Waals surface area contributed by atoms with E-state index >= 15 is 0 Å². The molecule has 172 valence electrons. The standard InChI is InChI=1S/C24H24ClN3O5/c1-27(24(12-5-4-9-21(24)29)18-7-2-3-8-19(18)25)22(30)16-32-23(31)20-11-10-17(33-20)15-28-14-6-13-26-28/h2-3,6-8,10-11,13-14H,4-5,9,12,15-16H2,1H3. The van der Waals surface area contributed by atoms with Crippen LogP contribution in [0.25, 0.3) is 0 Å². The summed E-state index contributed by atoms with van der Waals surface area (Å²) >= 11 is 6.43. The van der Waals surface area contributed by atoms with Crippen molar-refractivity contribution >= 4 is 29.3 Å². The first-order valence-electron chi connectivity index (χ1n) is 10.7. The van der Waals surface area contributed by atoms with Gasteiger partial charge in [0.25, 0.3) is 5.91 Å². The van der Waals surface area contributed by atoms with Gasteiger partial charge in [-0.05, 0) is 43.5 Å². The van der Waals surface area contributed by atoms with Crippen LogP contribution in [0, 0.1) is 0 Å². The summed E-state index contributed by atoms with van der Waals surface area (Å²) in [6.45, 7) is -0.158. The van der Waals surface area contributed by atoms with Gasteiger partial charge < -0.3 is 14.1 Å². The number of hydrogen-bond acceptors (Lipinski definition) is 6. The number of ether oxygens (including phenoxy) is 1. The maximum Gasteiger partial charge on any atom is 0.374 e. The third kappa shape index (κ3) is 4.57. The van der Waals surface area contributed by atoms with E-state index in [2.05, 4.69) is 5.10 Å². The van der Waals surface area contributed by atoms with Crippen molar-refractivity contribution in [3.63, 3.8) is 0 Å². The average molecular weight is 470 g/mol. The number of likely N-dealkylation sites (N-methyl/N-ethyl adjacent to an activating group) is 1. The molecule has 0 bridgehead atoms. The van der Waals surface area contributed by atoms with Crippen molar-refractivity contribution in [1.82, 2.24) is 14.7 Å². The van der Waals surface area contributed by atoms with Gasteiger partial charge in [0.15, 0.2) is 12.4 Å². The van der Waals surface area contributed by atoms with E-state index in [0.717, 1.165) is 12.8 Å². The third-order valence-electron chi connectivity index (χ3n) is 5.99. The molecule has 0 saturated heterocycles. The van der Waals surface area contributed by atoms with Crippen LogP contribution in [-0.4, -0.2) is 46.0 Å². The predicted octanol–water partition coefficient (Wildman–Crippen LogP) is 3.83. The van der Waals surface area contributed by atoms with Gasteiger partial charge in [0.1, 0.15) is 11.3 Å². The molecular weight excluding hydrogens is 446 g/mol. The van der Waals surface area contributed by atoms with Gasteiger partial charge in [0, 0.05) is 36.4 Å². The lowest BCUT2D eigenvalue weighted by atomic mass is 9.74. The summed E-state index contributed by atoms with van der Waals surface area (Å²) in [7, 11) is 1.55. The SMILES string of the molecule is CN(C(=O)COC(=O)c1ccc(Cn2cccn2)o1)C1(c2ccccc2Cl)CCCCC1=O. The molecular formula is C24H24ClN3O5. The van der Waals surface area contributed by atoms with Gasteiger partial charge in [0.2, 0.25) is 5.76 Å². The van der Waals surface area contributed by atoms with Gasteiger partial charge in [-0.2, -0.15) is 5.10 Å². The van der Waals surface area contributed by atoms with Gasteiger partial charge in [-0.25, -0.2) is 4.79 Å². The minimum absolute atomic E-state index is 0.0119. The Kier molecular flexibility index (Phi) is 6.65. The molecule has 1 fully saturated rings. The number of aromatic nitrogens is 2. The van der Waals surface area contributed by atoms with Crippen molar-refractivity contribution < 1.29 is 23.5 Å². The Balaban J connectivity index is 1.46. The molecule has 1 aliphatic carbocycles. The second-order valence-corrected chi connectivity index (χ2v) is 8.38. The van der Waals surface area contributed by atoms with Crippen molar-refractivity contribution in [3.05, 3.63) is 77.0 Å². The Morgan fingerprint density at radius 3 is 2.76 bits per heavy atom. The van der Waals surface area contributed by atoms with Crippen LogP contribution < -0.4 is 0 Å². The predicted molar refractivity (Wildman–Crippen MR) is 120 cm³/mol. The highest BCUT2D eigenvalue weighted by Crippen LogP contribution is 2.42. The summed E-state index contributed by atoms with van der Waals surface area (Å²) < 4.78 is 12.4. The molecule has 1 atom stereocenters. The van der Waals surface area contributed by atoms with E-state index in [0.29, 0.717) is 35.7 Å². The summed E-state index contributed by atoms with van der Waals surface area (Å²) in [6.07, 6.45) is 5.78. The molecule has 0 radical (unpaired) electrons. The quantitative estimate of drug-likeness (QED) is 0.488. The Labute approximate surface area is 196 Å². The lowest BCUT2D eigenvalue weighted by molar-refractivity contribution is -0.150. The van der Waals surface area contributed by atoms with Gasteiger partial charge in [-0.1, -0.05) is 29.8 Å². The molecule has 0 spiro atoms. The molecule has 1 aliphatic rings. The zero-order chi connectivity index (χ0) is 23.4. The average Bonchev–Trinajstić information content (AvgIpc) is 3.50. The topological polar surface area (TPSA) is 94.6 Å².